The molecule has 0 unspecified atom stereocenters. The summed E-state index contributed by atoms with van der Waals surface area (Å²) in [5.74, 6) is 0.326. The van der Waals surface area contributed by atoms with Gasteiger partial charge in [-0.15, -0.1) is 11.3 Å². The van der Waals surface area contributed by atoms with Gasteiger partial charge in [-0.05, 0) is 31.2 Å². The molecule has 4 rings (SSSR count). The number of carbonyl (C=O) groups excluding carboxylic acids is 1. The van der Waals surface area contributed by atoms with Crippen molar-refractivity contribution in [2.45, 2.75) is 6.92 Å². The number of halogens is 1. The number of nitrogens with zero attached hydrogens (tertiary/aromatic N) is 3. The van der Waals surface area contributed by atoms with Crippen LogP contribution >= 0.6 is 22.9 Å². The summed E-state index contributed by atoms with van der Waals surface area (Å²) >= 11 is 7.24. The number of amides is 1. The Kier molecular flexibility index (Phi) is 5.24. The smallest absolute Gasteiger partial charge is 0.267 e. The normalized spacial score (nSPS) is 10.7. The molecule has 0 fully saturated rings. The minimum atomic E-state index is -0.270. The van der Waals surface area contributed by atoms with Gasteiger partial charge in [0.15, 0.2) is 5.82 Å². The zero-order valence-corrected chi connectivity index (χ0v) is 16.8. The number of aryl methyl sites for hydroxylation is 1. The molecule has 2 heterocycles. The molecule has 0 spiro atoms. The van der Waals surface area contributed by atoms with Crippen LogP contribution in [0.4, 0.5) is 5.69 Å². The molecule has 2 aromatic carbocycles. The molecule has 0 bridgehead atoms. The number of nitrogens with one attached hydrogen (secondary N) is 1. The van der Waals surface area contributed by atoms with Crippen molar-refractivity contribution in [3.05, 3.63) is 76.5 Å². The van der Waals surface area contributed by atoms with E-state index in [0.29, 0.717) is 32.7 Å². The quantitative estimate of drug-likeness (QED) is 0.472. The number of phenols is 1. The van der Waals surface area contributed by atoms with Crippen LogP contribution in [-0.2, 0) is 0 Å². The van der Waals surface area contributed by atoms with Gasteiger partial charge in [-0.2, -0.15) is 0 Å². The minimum absolute atomic E-state index is 0.139. The lowest BCUT2D eigenvalue weighted by atomic mass is 10.2. The van der Waals surface area contributed by atoms with Gasteiger partial charge in [0.2, 0.25) is 0 Å². The van der Waals surface area contributed by atoms with Crippen molar-refractivity contribution in [1.29, 1.82) is 0 Å². The van der Waals surface area contributed by atoms with Crippen molar-refractivity contribution in [1.82, 2.24) is 15.0 Å². The molecular formula is C21H15ClN4O2S. The zero-order valence-electron chi connectivity index (χ0n) is 15.3. The number of phenolic OH excluding ortho intramolecular Hbond substituents is 1. The molecule has 0 saturated heterocycles. The van der Waals surface area contributed by atoms with Crippen molar-refractivity contribution < 1.29 is 9.90 Å². The molecule has 0 radical (unpaired) electrons. The Labute approximate surface area is 175 Å². The van der Waals surface area contributed by atoms with E-state index in [1.54, 1.807) is 43.3 Å². The lowest BCUT2D eigenvalue weighted by Crippen LogP contribution is -2.12. The van der Waals surface area contributed by atoms with Crippen LogP contribution in [0.2, 0.25) is 5.02 Å². The van der Waals surface area contributed by atoms with Crippen LogP contribution < -0.4 is 5.32 Å². The summed E-state index contributed by atoms with van der Waals surface area (Å²) in [4.78, 5) is 26.2. The molecule has 8 heteroatoms. The highest BCUT2D eigenvalue weighted by Crippen LogP contribution is 2.29. The number of thiazole rings is 1. The number of hydrogen-bond acceptors (Lipinski definition) is 6. The van der Waals surface area contributed by atoms with Gasteiger partial charge >= 0.3 is 0 Å². The molecular weight excluding hydrogens is 408 g/mol. The first-order valence-corrected chi connectivity index (χ1v) is 9.85. The summed E-state index contributed by atoms with van der Waals surface area (Å²) in [7, 11) is 0. The Balaban J connectivity index is 1.51. The summed E-state index contributed by atoms with van der Waals surface area (Å²) in [5.41, 5.74) is 2.71. The molecule has 29 heavy (non-hydrogen) atoms. The molecule has 2 aromatic heterocycles. The standard InChI is InChI=1S/C21H15ClN4O2S/c1-12-18(29-21(25-12)13-5-7-15(22)8-6-13)20(28)26-16-10-23-19(24-11-16)14-3-2-4-17(27)9-14/h2-11,27H,1H3,(H,26,28). The molecule has 0 aliphatic carbocycles. The third-order valence-corrected chi connectivity index (χ3v) is 5.57. The molecule has 0 saturated carbocycles. The minimum Gasteiger partial charge on any atom is -0.508 e. The first-order valence-electron chi connectivity index (χ1n) is 8.66. The fraction of sp³-hybridized carbons (Fsp3) is 0.0476. The Morgan fingerprint density at radius 1 is 1.07 bits per heavy atom. The van der Waals surface area contributed by atoms with Gasteiger partial charge in [0, 0.05) is 16.1 Å². The Hall–Kier alpha value is -3.29. The fourth-order valence-corrected chi connectivity index (χ4v) is 3.79. The average molecular weight is 423 g/mol. The SMILES string of the molecule is Cc1nc(-c2ccc(Cl)cc2)sc1C(=O)Nc1cnc(-c2cccc(O)c2)nc1. The molecule has 4 aromatic rings. The summed E-state index contributed by atoms with van der Waals surface area (Å²) in [5, 5.41) is 13.8. The molecule has 6 nitrogen and oxygen atoms in total. The van der Waals surface area contributed by atoms with Gasteiger partial charge in [-0.25, -0.2) is 15.0 Å². The van der Waals surface area contributed by atoms with Gasteiger partial charge in [0.25, 0.3) is 5.91 Å². The van der Waals surface area contributed by atoms with Crippen LogP contribution in [0.3, 0.4) is 0 Å². The van der Waals surface area contributed by atoms with Crippen LogP contribution in [0.25, 0.3) is 22.0 Å². The Morgan fingerprint density at radius 3 is 2.48 bits per heavy atom. The first-order chi connectivity index (χ1) is 14.0. The monoisotopic (exact) mass is 422 g/mol. The van der Waals surface area contributed by atoms with Crippen LogP contribution in [0, 0.1) is 6.92 Å². The number of carbonyl (C=O) groups is 1. The van der Waals surface area contributed by atoms with Crippen molar-refractivity contribution in [2.75, 3.05) is 5.32 Å². The Bertz CT molecular complexity index is 1170. The third kappa shape index (κ3) is 4.26. The van der Waals surface area contributed by atoms with Crippen molar-refractivity contribution >= 4 is 34.5 Å². The highest BCUT2D eigenvalue weighted by atomic mass is 35.5. The van der Waals surface area contributed by atoms with Crippen molar-refractivity contribution in [3.63, 3.8) is 0 Å². The second-order valence-electron chi connectivity index (χ2n) is 6.24. The maximum absolute atomic E-state index is 12.7. The molecule has 0 atom stereocenters. The number of benzene rings is 2. The van der Waals surface area contributed by atoms with E-state index < -0.39 is 0 Å². The largest absolute Gasteiger partial charge is 0.508 e. The molecule has 2 N–H and O–H groups in total. The fourth-order valence-electron chi connectivity index (χ4n) is 2.70. The lowest BCUT2D eigenvalue weighted by Gasteiger charge is -2.05. The van der Waals surface area contributed by atoms with E-state index in [1.807, 2.05) is 12.1 Å². The summed E-state index contributed by atoms with van der Waals surface area (Å²) in [6.45, 7) is 1.80. The lowest BCUT2D eigenvalue weighted by molar-refractivity contribution is 0.102. The van der Waals surface area contributed by atoms with Crippen LogP contribution in [0.5, 0.6) is 5.75 Å². The predicted octanol–water partition coefficient (Wildman–Crippen LogP) is 5.19. The molecule has 0 aliphatic rings. The van der Waals surface area contributed by atoms with Crippen LogP contribution in [0.1, 0.15) is 15.4 Å². The summed E-state index contributed by atoms with van der Waals surface area (Å²) < 4.78 is 0. The number of aromatic hydroxyl groups is 1. The molecule has 1 amide bonds. The van der Waals surface area contributed by atoms with E-state index in [4.69, 9.17) is 11.6 Å². The maximum Gasteiger partial charge on any atom is 0.267 e. The molecule has 0 aliphatic heterocycles. The number of rotatable bonds is 4. The van der Waals surface area contributed by atoms with Gasteiger partial charge in [-0.3, -0.25) is 4.79 Å². The van der Waals surface area contributed by atoms with E-state index in [-0.39, 0.29) is 11.7 Å². The van der Waals surface area contributed by atoms with E-state index in [2.05, 4.69) is 20.3 Å². The topological polar surface area (TPSA) is 88.0 Å². The molecule has 144 valence electrons. The number of anilines is 1. The van der Waals surface area contributed by atoms with Gasteiger partial charge in [-0.1, -0.05) is 35.9 Å². The van der Waals surface area contributed by atoms with E-state index in [9.17, 15) is 9.90 Å². The van der Waals surface area contributed by atoms with Gasteiger partial charge < -0.3 is 10.4 Å². The van der Waals surface area contributed by atoms with E-state index >= 15 is 0 Å². The number of hydrogen-bond donors (Lipinski definition) is 2. The Morgan fingerprint density at radius 2 is 1.79 bits per heavy atom. The zero-order chi connectivity index (χ0) is 20.4. The third-order valence-electron chi connectivity index (χ3n) is 4.11. The number of aromatic nitrogens is 3. The summed E-state index contributed by atoms with van der Waals surface area (Å²) in [6.07, 6.45) is 3.06. The first kappa shape index (κ1) is 19.0. The van der Waals surface area contributed by atoms with Crippen molar-refractivity contribution in [2.24, 2.45) is 0 Å². The van der Waals surface area contributed by atoms with Crippen LogP contribution in [0.15, 0.2) is 60.9 Å². The van der Waals surface area contributed by atoms with Crippen molar-refractivity contribution in [3.8, 4) is 27.7 Å². The highest BCUT2D eigenvalue weighted by Gasteiger charge is 2.17. The summed E-state index contributed by atoms with van der Waals surface area (Å²) in [6, 6.07) is 14.0. The maximum atomic E-state index is 12.7. The van der Waals surface area contributed by atoms with Gasteiger partial charge in [0.1, 0.15) is 15.6 Å². The second-order valence-corrected chi connectivity index (χ2v) is 7.68. The van der Waals surface area contributed by atoms with Gasteiger partial charge in [0.05, 0.1) is 23.8 Å². The predicted molar refractivity (Wildman–Crippen MR) is 114 cm³/mol. The second kappa shape index (κ2) is 7.98. The van der Waals surface area contributed by atoms with Crippen LogP contribution in [-0.4, -0.2) is 26.0 Å². The highest BCUT2D eigenvalue weighted by molar-refractivity contribution is 7.17. The van der Waals surface area contributed by atoms with E-state index in [1.165, 1.54) is 23.7 Å². The average Bonchev–Trinajstić information content (AvgIpc) is 3.11. The van der Waals surface area contributed by atoms with E-state index in [0.717, 1.165) is 10.6 Å².